The Morgan fingerprint density at radius 2 is 1.68 bits per heavy atom. The van der Waals surface area contributed by atoms with Crippen molar-refractivity contribution in [3.63, 3.8) is 0 Å². The average molecular weight is 341 g/mol. The minimum Gasteiger partial charge on any atom is -0.0985 e. The summed E-state index contributed by atoms with van der Waals surface area (Å²) in [6.07, 6.45) is 17.4. The summed E-state index contributed by atoms with van der Waals surface area (Å²) in [6.45, 7) is 13.0. The molecule has 0 nitrogen and oxygen atoms in total. The number of aryl methyl sites for hydroxylation is 2. The lowest BCUT2D eigenvalue weighted by Gasteiger charge is -2.17. The van der Waals surface area contributed by atoms with E-state index in [0.717, 1.165) is 5.92 Å². The third-order valence-corrected chi connectivity index (χ3v) is 5.31. The highest BCUT2D eigenvalue weighted by Gasteiger charge is 2.09. The maximum Gasteiger partial charge on any atom is -0.0185 e. The van der Waals surface area contributed by atoms with E-state index >= 15 is 0 Å². The second-order valence-electron chi connectivity index (χ2n) is 7.37. The molecule has 0 heteroatoms. The van der Waals surface area contributed by atoms with Gasteiger partial charge in [0.05, 0.1) is 0 Å². The molecule has 1 aromatic rings. The first kappa shape index (κ1) is 21.7. The molecule has 0 bridgehead atoms. The molecule has 25 heavy (non-hydrogen) atoms. The largest absolute Gasteiger partial charge is 0.0985 e. The number of benzene rings is 1. The fourth-order valence-corrected chi connectivity index (χ4v) is 3.87. The Balaban J connectivity index is 2.74. The second kappa shape index (κ2) is 13.0. The van der Waals surface area contributed by atoms with E-state index in [0.29, 0.717) is 0 Å². The van der Waals surface area contributed by atoms with Gasteiger partial charge in [0.1, 0.15) is 0 Å². The lowest BCUT2D eigenvalue weighted by molar-refractivity contribution is 0.392. The number of hydrogen-bond acceptors (Lipinski definition) is 0. The zero-order valence-corrected chi connectivity index (χ0v) is 17.2. The second-order valence-corrected chi connectivity index (χ2v) is 7.37. The zero-order chi connectivity index (χ0) is 18.5. The quantitative estimate of drug-likeness (QED) is 0.318. The monoisotopic (exact) mass is 340 g/mol. The van der Waals surface area contributed by atoms with Crippen molar-refractivity contribution in [2.75, 3.05) is 0 Å². The third kappa shape index (κ3) is 7.63. The van der Waals surface area contributed by atoms with Gasteiger partial charge in [-0.05, 0) is 54.4 Å². The van der Waals surface area contributed by atoms with Crippen LogP contribution in [0, 0.1) is 5.92 Å². The number of hydrogen-bond donors (Lipinski definition) is 0. The van der Waals surface area contributed by atoms with E-state index in [9.17, 15) is 0 Å². The summed E-state index contributed by atoms with van der Waals surface area (Å²) in [7, 11) is 0. The molecule has 0 aliphatic rings. The Hall–Kier alpha value is -1.30. The smallest absolute Gasteiger partial charge is 0.0185 e. The van der Waals surface area contributed by atoms with Crippen LogP contribution in [0.1, 0.15) is 95.8 Å². The number of rotatable bonds is 13. The summed E-state index contributed by atoms with van der Waals surface area (Å²) in [4.78, 5) is 0. The maximum absolute atomic E-state index is 3.95. The van der Waals surface area contributed by atoms with Gasteiger partial charge >= 0.3 is 0 Å². The van der Waals surface area contributed by atoms with Crippen molar-refractivity contribution in [3.05, 3.63) is 53.6 Å². The van der Waals surface area contributed by atoms with Crippen molar-refractivity contribution >= 4 is 5.57 Å². The van der Waals surface area contributed by atoms with Crippen molar-refractivity contribution in [1.82, 2.24) is 0 Å². The van der Waals surface area contributed by atoms with Gasteiger partial charge in [-0.25, -0.2) is 0 Å². The van der Waals surface area contributed by atoms with Crippen LogP contribution in [0.4, 0.5) is 0 Å². The predicted molar refractivity (Wildman–Crippen MR) is 115 cm³/mol. The summed E-state index contributed by atoms with van der Waals surface area (Å²) >= 11 is 0. The molecule has 140 valence electrons. The number of unbranched alkanes of at least 4 members (excludes halogenated alkanes) is 1. The highest BCUT2D eigenvalue weighted by Crippen LogP contribution is 2.25. The average Bonchev–Trinajstić information content (AvgIpc) is 2.62. The van der Waals surface area contributed by atoms with E-state index in [-0.39, 0.29) is 0 Å². The van der Waals surface area contributed by atoms with Crippen LogP contribution in [0.3, 0.4) is 0 Å². The number of allylic oxidation sites excluding steroid dienone is 3. The Kier molecular flexibility index (Phi) is 11.3. The van der Waals surface area contributed by atoms with Gasteiger partial charge in [-0.3, -0.25) is 0 Å². The molecule has 0 N–H and O–H groups in total. The molecule has 1 atom stereocenters. The fraction of sp³-hybridized carbons (Fsp3) is 0.600. The lowest BCUT2D eigenvalue weighted by Crippen LogP contribution is -2.03. The van der Waals surface area contributed by atoms with Crippen LogP contribution in [-0.2, 0) is 12.8 Å². The van der Waals surface area contributed by atoms with Crippen LogP contribution in [-0.4, -0.2) is 0 Å². The Bertz CT molecular complexity index is 521. The van der Waals surface area contributed by atoms with Crippen molar-refractivity contribution in [2.24, 2.45) is 5.92 Å². The molecule has 1 unspecified atom stereocenters. The van der Waals surface area contributed by atoms with Gasteiger partial charge < -0.3 is 0 Å². The van der Waals surface area contributed by atoms with E-state index in [2.05, 4.69) is 58.5 Å². The molecule has 0 aliphatic carbocycles. The molecule has 0 aliphatic heterocycles. The first-order valence-electron chi connectivity index (χ1n) is 10.6. The summed E-state index contributed by atoms with van der Waals surface area (Å²) in [5, 5.41) is 0. The third-order valence-electron chi connectivity index (χ3n) is 5.31. The topological polar surface area (TPSA) is 0 Å². The Morgan fingerprint density at radius 3 is 2.28 bits per heavy atom. The maximum atomic E-state index is 3.95. The molecule has 1 aromatic carbocycles. The molecule has 1 rings (SSSR count). The summed E-state index contributed by atoms with van der Waals surface area (Å²) < 4.78 is 0. The minimum absolute atomic E-state index is 0.939. The summed E-state index contributed by atoms with van der Waals surface area (Å²) in [6, 6.07) is 7.05. The van der Waals surface area contributed by atoms with Gasteiger partial charge in [0.25, 0.3) is 0 Å². The van der Waals surface area contributed by atoms with Gasteiger partial charge in [0.2, 0.25) is 0 Å². The van der Waals surface area contributed by atoms with Gasteiger partial charge in [0.15, 0.2) is 0 Å². The summed E-state index contributed by atoms with van der Waals surface area (Å²) in [5.74, 6) is 0.939. The van der Waals surface area contributed by atoms with Gasteiger partial charge in [0, 0.05) is 0 Å². The van der Waals surface area contributed by atoms with Crippen molar-refractivity contribution in [1.29, 1.82) is 0 Å². The molecule has 0 saturated carbocycles. The van der Waals surface area contributed by atoms with Crippen molar-refractivity contribution < 1.29 is 0 Å². The van der Waals surface area contributed by atoms with Gasteiger partial charge in [-0.2, -0.15) is 0 Å². The van der Waals surface area contributed by atoms with Crippen molar-refractivity contribution in [2.45, 2.75) is 91.9 Å². The first-order valence-corrected chi connectivity index (χ1v) is 10.6. The van der Waals surface area contributed by atoms with Gasteiger partial charge in [-0.1, -0.05) is 103 Å². The van der Waals surface area contributed by atoms with Crippen LogP contribution in [0.5, 0.6) is 0 Å². The van der Waals surface area contributed by atoms with Crippen LogP contribution in [0.25, 0.3) is 5.57 Å². The molecule has 0 spiro atoms. The standard InChI is InChI=1S/C25H40/c1-6-11-15-21(13-7-2)16-12-17-23-18-19-25(22(9-4)10-5)20-24(23)14-8-3/h9-10,18-21H,4,6-8,11-17H2,1-3,5H3. The van der Waals surface area contributed by atoms with Crippen LogP contribution >= 0.6 is 0 Å². The zero-order valence-electron chi connectivity index (χ0n) is 17.2. The fourth-order valence-electron chi connectivity index (χ4n) is 3.87. The molecular formula is C25H40. The first-order chi connectivity index (χ1) is 12.2. The highest BCUT2D eigenvalue weighted by molar-refractivity contribution is 5.73. The highest BCUT2D eigenvalue weighted by atomic mass is 14.1. The van der Waals surface area contributed by atoms with Crippen LogP contribution < -0.4 is 0 Å². The van der Waals surface area contributed by atoms with E-state index in [1.807, 2.05) is 6.08 Å². The molecular weight excluding hydrogens is 300 g/mol. The Morgan fingerprint density at radius 1 is 0.920 bits per heavy atom. The molecule has 0 aromatic heterocycles. The normalized spacial score (nSPS) is 13.0. The van der Waals surface area contributed by atoms with Crippen LogP contribution in [0.15, 0.2) is 36.9 Å². The SMILES string of the molecule is C=CC(=CC)c1ccc(CCCC(CCC)CCCC)c(CCC)c1. The van der Waals surface area contributed by atoms with Crippen LogP contribution in [0.2, 0.25) is 0 Å². The van der Waals surface area contributed by atoms with E-state index in [4.69, 9.17) is 0 Å². The summed E-state index contributed by atoms with van der Waals surface area (Å²) in [5.41, 5.74) is 5.67. The van der Waals surface area contributed by atoms with Crippen molar-refractivity contribution in [3.8, 4) is 0 Å². The van der Waals surface area contributed by atoms with E-state index in [1.54, 1.807) is 11.1 Å². The van der Waals surface area contributed by atoms with E-state index < -0.39 is 0 Å². The molecule has 0 saturated heterocycles. The predicted octanol–water partition coefficient (Wildman–Crippen LogP) is 8.16. The van der Waals surface area contributed by atoms with Gasteiger partial charge in [-0.15, -0.1) is 0 Å². The molecule has 0 amide bonds. The molecule has 0 heterocycles. The molecule has 0 fully saturated rings. The molecule has 0 radical (unpaired) electrons. The minimum atomic E-state index is 0.939. The Labute approximate surface area is 157 Å². The van der Waals surface area contributed by atoms with E-state index in [1.165, 1.54) is 75.3 Å². The lowest BCUT2D eigenvalue weighted by atomic mass is 9.89.